The van der Waals surface area contributed by atoms with Crippen molar-refractivity contribution in [1.29, 1.82) is 0 Å². The fourth-order valence-corrected chi connectivity index (χ4v) is 2.57. The molecule has 1 aliphatic carbocycles. The summed E-state index contributed by atoms with van der Waals surface area (Å²) in [6.45, 7) is 3.97. The van der Waals surface area contributed by atoms with Crippen molar-refractivity contribution in [2.24, 2.45) is 5.92 Å². The van der Waals surface area contributed by atoms with E-state index in [9.17, 15) is 4.79 Å². The minimum Gasteiger partial charge on any atom is -0.347 e. The lowest BCUT2D eigenvalue weighted by atomic mass is 9.89. The van der Waals surface area contributed by atoms with E-state index in [0.29, 0.717) is 18.1 Å². The molecule has 2 aromatic heterocycles. The number of hydrogen-bond donors (Lipinski definition) is 2. The smallest absolute Gasteiger partial charge is 0.246 e. The molecule has 0 fully saturated rings. The van der Waals surface area contributed by atoms with Gasteiger partial charge in [-0.3, -0.25) is 4.79 Å². The van der Waals surface area contributed by atoms with Crippen molar-refractivity contribution in [3.8, 4) is 0 Å². The van der Waals surface area contributed by atoms with Crippen molar-refractivity contribution in [2.45, 2.75) is 39.7 Å². The Labute approximate surface area is 116 Å². The summed E-state index contributed by atoms with van der Waals surface area (Å²) in [6.07, 6.45) is 2.38. The molecule has 0 saturated heterocycles. The standard InChI is InChI=1S/C13H17N5O2/c1-7-15-10-4-3-9(5-11(10)16-7)13(19)14-6-12-17-8(2)18-20-12/h9H,3-6H2,1-2H3,(H,14,19)(H,15,16)/t9-/m0/s1. The number of H-pyrrole nitrogens is 1. The monoisotopic (exact) mass is 275 g/mol. The normalized spacial score (nSPS) is 17.8. The van der Waals surface area contributed by atoms with Crippen molar-refractivity contribution >= 4 is 5.91 Å². The van der Waals surface area contributed by atoms with Crippen molar-refractivity contribution in [1.82, 2.24) is 25.4 Å². The summed E-state index contributed by atoms with van der Waals surface area (Å²) in [5.74, 6) is 1.93. The summed E-state index contributed by atoms with van der Waals surface area (Å²) in [5.41, 5.74) is 2.18. The molecule has 0 unspecified atom stereocenters. The molecule has 0 bridgehead atoms. The van der Waals surface area contributed by atoms with Crippen LogP contribution >= 0.6 is 0 Å². The van der Waals surface area contributed by atoms with Crippen LogP contribution in [0.5, 0.6) is 0 Å². The Balaban J connectivity index is 1.58. The molecule has 7 heteroatoms. The van der Waals surface area contributed by atoms with Gasteiger partial charge in [0.25, 0.3) is 0 Å². The highest BCUT2D eigenvalue weighted by atomic mass is 16.5. The first-order valence-electron chi connectivity index (χ1n) is 6.73. The second-order valence-corrected chi connectivity index (χ2v) is 5.14. The fraction of sp³-hybridized carbons (Fsp3) is 0.538. The molecule has 20 heavy (non-hydrogen) atoms. The molecule has 0 aliphatic heterocycles. The highest BCUT2D eigenvalue weighted by Gasteiger charge is 2.26. The van der Waals surface area contributed by atoms with Crippen molar-refractivity contribution in [3.63, 3.8) is 0 Å². The van der Waals surface area contributed by atoms with Crippen LogP contribution in [-0.4, -0.2) is 26.0 Å². The minimum absolute atomic E-state index is 0.0219. The van der Waals surface area contributed by atoms with Gasteiger partial charge in [-0.1, -0.05) is 5.16 Å². The number of nitrogens with zero attached hydrogens (tertiary/aromatic N) is 3. The summed E-state index contributed by atoms with van der Waals surface area (Å²) in [7, 11) is 0. The molecule has 0 spiro atoms. The number of nitrogens with one attached hydrogen (secondary N) is 2. The molecular weight excluding hydrogens is 258 g/mol. The molecular formula is C13H17N5O2. The number of aromatic nitrogens is 4. The lowest BCUT2D eigenvalue weighted by molar-refractivity contribution is -0.125. The Morgan fingerprint density at radius 2 is 2.30 bits per heavy atom. The topological polar surface area (TPSA) is 96.7 Å². The van der Waals surface area contributed by atoms with E-state index >= 15 is 0 Å². The van der Waals surface area contributed by atoms with Gasteiger partial charge in [0.2, 0.25) is 11.8 Å². The van der Waals surface area contributed by atoms with Crippen LogP contribution in [0.25, 0.3) is 0 Å². The van der Waals surface area contributed by atoms with Gasteiger partial charge in [-0.25, -0.2) is 4.98 Å². The average molecular weight is 275 g/mol. The van der Waals surface area contributed by atoms with Crippen LogP contribution in [0.4, 0.5) is 0 Å². The summed E-state index contributed by atoms with van der Waals surface area (Å²) in [5, 5.41) is 6.54. The van der Waals surface area contributed by atoms with Crippen LogP contribution in [0, 0.1) is 19.8 Å². The zero-order chi connectivity index (χ0) is 14.1. The Morgan fingerprint density at radius 1 is 1.45 bits per heavy atom. The number of carbonyl (C=O) groups is 1. The summed E-state index contributed by atoms with van der Waals surface area (Å²) >= 11 is 0. The van der Waals surface area contributed by atoms with Gasteiger partial charge in [-0.2, -0.15) is 4.98 Å². The van der Waals surface area contributed by atoms with E-state index in [4.69, 9.17) is 4.52 Å². The zero-order valence-electron chi connectivity index (χ0n) is 11.6. The highest BCUT2D eigenvalue weighted by molar-refractivity contribution is 5.79. The van der Waals surface area contributed by atoms with Crippen LogP contribution in [-0.2, 0) is 24.2 Å². The van der Waals surface area contributed by atoms with E-state index in [-0.39, 0.29) is 18.4 Å². The predicted molar refractivity (Wildman–Crippen MR) is 69.7 cm³/mol. The molecule has 0 radical (unpaired) electrons. The van der Waals surface area contributed by atoms with Gasteiger partial charge in [-0.15, -0.1) is 0 Å². The summed E-state index contributed by atoms with van der Waals surface area (Å²) in [6, 6.07) is 0. The third-order valence-electron chi connectivity index (χ3n) is 3.52. The van der Waals surface area contributed by atoms with E-state index in [1.807, 2.05) is 6.92 Å². The van der Waals surface area contributed by atoms with Crippen LogP contribution in [0.1, 0.15) is 35.3 Å². The van der Waals surface area contributed by atoms with Gasteiger partial charge in [-0.05, 0) is 26.7 Å². The van der Waals surface area contributed by atoms with Gasteiger partial charge in [0.15, 0.2) is 5.82 Å². The molecule has 1 aliphatic rings. The predicted octanol–water partition coefficient (Wildman–Crippen LogP) is 0.831. The molecule has 0 aromatic carbocycles. The average Bonchev–Trinajstić information content (AvgIpc) is 2.99. The quantitative estimate of drug-likeness (QED) is 0.864. The molecule has 2 aromatic rings. The van der Waals surface area contributed by atoms with E-state index in [2.05, 4.69) is 25.4 Å². The maximum atomic E-state index is 12.2. The molecule has 3 rings (SSSR count). The van der Waals surface area contributed by atoms with Crippen LogP contribution in [0.3, 0.4) is 0 Å². The first-order valence-corrected chi connectivity index (χ1v) is 6.73. The van der Waals surface area contributed by atoms with E-state index in [0.717, 1.165) is 30.1 Å². The van der Waals surface area contributed by atoms with E-state index in [1.165, 1.54) is 0 Å². The molecule has 2 N–H and O–H groups in total. The molecule has 2 heterocycles. The second-order valence-electron chi connectivity index (χ2n) is 5.14. The number of aryl methyl sites for hydroxylation is 3. The molecule has 106 valence electrons. The van der Waals surface area contributed by atoms with E-state index < -0.39 is 0 Å². The van der Waals surface area contributed by atoms with E-state index in [1.54, 1.807) is 6.92 Å². The number of aromatic amines is 1. The third kappa shape index (κ3) is 2.56. The lowest BCUT2D eigenvalue weighted by Crippen LogP contribution is -2.33. The number of carbonyl (C=O) groups excluding carboxylic acids is 1. The number of imidazole rings is 1. The Bertz CT molecular complexity index is 630. The van der Waals surface area contributed by atoms with Crippen LogP contribution < -0.4 is 5.32 Å². The summed E-state index contributed by atoms with van der Waals surface area (Å²) in [4.78, 5) is 23.9. The van der Waals surface area contributed by atoms with Gasteiger partial charge in [0.05, 0.1) is 12.2 Å². The highest BCUT2D eigenvalue weighted by Crippen LogP contribution is 2.23. The first-order chi connectivity index (χ1) is 9.61. The third-order valence-corrected chi connectivity index (χ3v) is 3.52. The van der Waals surface area contributed by atoms with Crippen molar-refractivity contribution in [3.05, 3.63) is 28.9 Å². The van der Waals surface area contributed by atoms with Crippen LogP contribution in [0.2, 0.25) is 0 Å². The Morgan fingerprint density at radius 3 is 3.05 bits per heavy atom. The summed E-state index contributed by atoms with van der Waals surface area (Å²) < 4.78 is 4.97. The number of fused-ring (bicyclic) bond motifs is 1. The van der Waals surface area contributed by atoms with Gasteiger partial charge >= 0.3 is 0 Å². The fourth-order valence-electron chi connectivity index (χ4n) is 2.57. The maximum Gasteiger partial charge on any atom is 0.246 e. The second kappa shape index (κ2) is 5.07. The lowest BCUT2D eigenvalue weighted by Gasteiger charge is -2.20. The Kier molecular flexibility index (Phi) is 3.25. The van der Waals surface area contributed by atoms with Crippen molar-refractivity contribution < 1.29 is 9.32 Å². The molecule has 1 amide bonds. The van der Waals surface area contributed by atoms with Gasteiger partial charge in [0.1, 0.15) is 5.82 Å². The Hall–Kier alpha value is -2.18. The first kappa shape index (κ1) is 12.8. The molecule has 7 nitrogen and oxygen atoms in total. The zero-order valence-corrected chi connectivity index (χ0v) is 11.6. The van der Waals surface area contributed by atoms with Gasteiger partial charge < -0.3 is 14.8 Å². The van der Waals surface area contributed by atoms with Crippen molar-refractivity contribution in [2.75, 3.05) is 0 Å². The maximum absolute atomic E-state index is 12.2. The number of hydrogen-bond acceptors (Lipinski definition) is 5. The number of amides is 1. The minimum atomic E-state index is -0.0219. The number of rotatable bonds is 3. The largest absolute Gasteiger partial charge is 0.347 e. The SMILES string of the molecule is Cc1noc(CNC(=O)[C@H]2CCc3nc(C)[nH]c3C2)n1. The molecule has 0 saturated carbocycles. The van der Waals surface area contributed by atoms with Crippen LogP contribution in [0.15, 0.2) is 4.52 Å². The molecule has 1 atom stereocenters. The van der Waals surface area contributed by atoms with Gasteiger partial charge in [0, 0.05) is 18.0 Å².